The summed E-state index contributed by atoms with van der Waals surface area (Å²) in [6, 6.07) is 24.0. The first kappa shape index (κ1) is 69.4. The maximum absolute atomic E-state index is 15.8. The van der Waals surface area contributed by atoms with Gasteiger partial charge in [-0.3, -0.25) is 29.0 Å². The standard InChI is InChI=1S/C72H64F6N2O18/c1-3-91-29-31-93-69(89)51(37-71(73,74)75)79-65(85)47-33-53(95-43-13-5-39(6-14-43)21-25-81)59-61-55(97-45-17-9-41(10-18-45)23-27-83)35-49-58-50(68(88)80(67(49)87)52(38-72(76,77)78)70(90)94-32-30-92-4-2)36-56(98-46-19-11-42(12-20-46)24-28-84)62(64(58)61)60-54(34-48(66(79)86)57(47)63(59)60)96-44-15-7-40(8-16-44)22-26-82/h5-20,33-36,51-52,81-84H,3-4,21-32,37-38H2,1-2H3. The number of fused-ring (bicyclic) bond motifs is 2. The number of ether oxygens (including phenoxy) is 8. The number of carbonyl (C=O) groups excluding carboxylic acids is 6. The Morgan fingerprint density at radius 3 is 0.837 bits per heavy atom. The van der Waals surface area contributed by atoms with Crippen molar-refractivity contribution in [3.8, 4) is 46.0 Å². The number of carbonyl (C=O) groups is 6. The Hall–Kier alpha value is -9.96. The average Bonchev–Trinajstić information content (AvgIpc) is 0.672. The Balaban J connectivity index is 1.33. The second kappa shape index (κ2) is 29.4. The van der Waals surface area contributed by atoms with Crippen LogP contribution in [0.2, 0.25) is 0 Å². The molecule has 0 saturated heterocycles. The first-order valence-corrected chi connectivity index (χ1v) is 31.3. The van der Waals surface area contributed by atoms with Gasteiger partial charge in [-0.25, -0.2) is 9.59 Å². The van der Waals surface area contributed by atoms with Gasteiger partial charge in [0.05, 0.1) is 48.3 Å². The van der Waals surface area contributed by atoms with Crippen LogP contribution in [0, 0.1) is 0 Å². The summed E-state index contributed by atoms with van der Waals surface area (Å²) in [5, 5.41) is 38.1. The lowest BCUT2D eigenvalue weighted by Crippen LogP contribution is -2.52. The van der Waals surface area contributed by atoms with Gasteiger partial charge in [0.15, 0.2) is 0 Å². The third-order valence-corrected chi connectivity index (χ3v) is 16.5. The summed E-state index contributed by atoms with van der Waals surface area (Å²) in [5.41, 5.74) is 0.421. The van der Waals surface area contributed by atoms with Crippen molar-refractivity contribution in [3.63, 3.8) is 0 Å². The molecule has 11 rings (SSSR count). The van der Waals surface area contributed by atoms with E-state index in [4.69, 9.17) is 37.9 Å². The molecule has 0 aromatic heterocycles. The Bertz CT molecular complexity index is 3970. The highest BCUT2D eigenvalue weighted by atomic mass is 19.4. The summed E-state index contributed by atoms with van der Waals surface area (Å²) in [6.45, 7) is 0.841. The van der Waals surface area contributed by atoms with Crippen LogP contribution in [0.15, 0.2) is 121 Å². The first-order chi connectivity index (χ1) is 47.1. The zero-order valence-corrected chi connectivity index (χ0v) is 52.7. The summed E-state index contributed by atoms with van der Waals surface area (Å²) in [6.07, 6.45) is -13.8. The van der Waals surface area contributed by atoms with Crippen LogP contribution in [-0.4, -0.2) is 156 Å². The number of rotatable bonds is 30. The molecule has 2 heterocycles. The minimum absolute atomic E-state index is 0.0182. The molecule has 2 unspecified atom stereocenters. The van der Waals surface area contributed by atoms with E-state index >= 15 is 19.2 Å². The van der Waals surface area contributed by atoms with Crippen LogP contribution < -0.4 is 18.9 Å². The molecule has 0 saturated carbocycles. The number of imide groups is 2. The Labute approximate surface area is 554 Å². The molecule has 0 radical (unpaired) electrons. The van der Waals surface area contributed by atoms with Gasteiger partial charge >= 0.3 is 24.3 Å². The predicted molar refractivity (Wildman–Crippen MR) is 342 cm³/mol. The molecule has 0 spiro atoms. The van der Waals surface area contributed by atoms with Crippen LogP contribution in [-0.2, 0) is 54.2 Å². The lowest BCUT2D eigenvalue weighted by Gasteiger charge is -2.35. The molecule has 4 amide bonds. The largest absolute Gasteiger partial charge is 0.462 e. The number of nitrogens with zero attached hydrogens (tertiary/aromatic N) is 2. The zero-order valence-electron chi connectivity index (χ0n) is 52.7. The van der Waals surface area contributed by atoms with Crippen LogP contribution in [0.5, 0.6) is 46.0 Å². The van der Waals surface area contributed by atoms with Gasteiger partial charge in [0.2, 0.25) is 0 Å². The molecule has 0 aliphatic carbocycles. The van der Waals surface area contributed by atoms with E-state index in [0.29, 0.717) is 22.3 Å². The molecular weight excluding hydrogens is 1290 g/mol. The second-order valence-electron chi connectivity index (χ2n) is 22.9. The van der Waals surface area contributed by atoms with Crippen molar-refractivity contribution in [1.29, 1.82) is 0 Å². The molecule has 0 fully saturated rings. The van der Waals surface area contributed by atoms with Crippen molar-refractivity contribution in [2.24, 2.45) is 0 Å². The van der Waals surface area contributed by atoms with Gasteiger partial charge in [-0.1, -0.05) is 48.5 Å². The summed E-state index contributed by atoms with van der Waals surface area (Å²) >= 11 is 0. The second-order valence-corrected chi connectivity index (χ2v) is 22.9. The van der Waals surface area contributed by atoms with Gasteiger partial charge < -0.3 is 58.3 Å². The fourth-order valence-electron chi connectivity index (χ4n) is 12.2. The molecule has 20 nitrogen and oxygen atoms in total. The van der Waals surface area contributed by atoms with E-state index in [1.807, 2.05) is 0 Å². The number of esters is 2. The smallest absolute Gasteiger partial charge is 0.391 e. The topological polar surface area (TPSA) is 264 Å². The SMILES string of the molecule is CCOCCOC(=O)C(CC(F)(F)F)N1C(=O)c2cc(Oc3ccc(CCO)cc3)c3c4c(Oc5ccc(CCO)cc5)cc5c6c(cc(Oc7ccc(CCO)cc7)c(c7c(Oc8ccc(CCO)cc8)cc(c2c37)C1=O)c64)C(=O)N(C(CC(F)(F)F)C(=O)OCCOCC)C5=O. The van der Waals surface area contributed by atoms with Crippen molar-refractivity contribution in [1.82, 2.24) is 9.80 Å². The van der Waals surface area contributed by atoms with Crippen LogP contribution in [0.1, 0.15) is 90.4 Å². The molecule has 4 N–H and O–H groups in total. The van der Waals surface area contributed by atoms with E-state index in [2.05, 4.69) is 0 Å². The third-order valence-electron chi connectivity index (χ3n) is 16.5. The lowest BCUT2D eigenvalue weighted by atomic mass is 9.80. The number of hydrogen-bond acceptors (Lipinski definition) is 18. The maximum Gasteiger partial charge on any atom is 0.391 e. The molecule has 98 heavy (non-hydrogen) atoms. The van der Waals surface area contributed by atoms with Gasteiger partial charge in [-0.05, 0) is 135 Å². The zero-order chi connectivity index (χ0) is 69.7. The summed E-state index contributed by atoms with van der Waals surface area (Å²) < 4.78 is 138. The highest BCUT2D eigenvalue weighted by Gasteiger charge is 2.51. The Morgan fingerprint density at radius 1 is 0.378 bits per heavy atom. The van der Waals surface area contributed by atoms with Crippen LogP contribution in [0.25, 0.3) is 43.1 Å². The summed E-state index contributed by atoms with van der Waals surface area (Å²) in [7, 11) is 0. The molecule has 512 valence electrons. The first-order valence-electron chi connectivity index (χ1n) is 31.3. The van der Waals surface area contributed by atoms with Crippen molar-refractivity contribution < 1.29 is 113 Å². The Kier molecular flexibility index (Phi) is 20.8. The number of halogens is 6. The van der Waals surface area contributed by atoms with Gasteiger partial charge in [0.25, 0.3) is 23.6 Å². The number of benzene rings is 9. The van der Waals surface area contributed by atoms with E-state index < -0.39 is 108 Å². The maximum atomic E-state index is 15.8. The molecule has 2 aliphatic heterocycles. The van der Waals surface area contributed by atoms with E-state index in [9.17, 15) is 56.4 Å². The number of amides is 4. The molecule has 26 heteroatoms. The van der Waals surface area contributed by atoms with Crippen molar-refractivity contribution in [2.75, 3.05) is 66.1 Å². The van der Waals surface area contributed by atoms with E-state index in [1.165, 1.54) is 48.5 Å². The highest BCUT2D eigenvalue weighted by molar-refractivity contribution is 6.45. The van der Waals surface area contributed by atoms with E-state index in [0.717, 1.165) is 24.3 Å². The minimum Gasteiger partial charge on any atom is -0.462 e. The van der Waals surface area contributed by atoms with Crippen LogP contribution in [0.4, 0.5) is 26.3 Å². The van der Waals surface area contributed by atoms with Gasteiger partial charge in [0, 0.05) is 82.7 Å². The summed E-state index contributed by atoms with van der Waals surface area (Å²) in [5.74, 6) is -10.3. The molecule has 2 aliphatic rings. The van der Waals surface area contributed by atoms with E-state index in [-0.39, 0.29) is 177 Å². The summed E-state index contributed by atoms with van der Waals surface area (Å²) in [4.78, 5) is 91.6. The third kappa shape index (κ3) is 14.4. The number of alkyl halides is 6. The van der Waals surface area contributed by atoms with E-state index in [1.54, 1.807) is 62.4 Å². The van der Waals surface area contributed by atoms with Gasteiger partial charge in [0.1, 0.15) is 71.3 Å². The Morgan fingerprint density at radius 2 is 0.622 bits per heavy atom. The lowest BCUT2D eigenvalue weighted by molar-refractivity contribution is -0.167. The van der Waals surface area contributed by atoms with Crippen LogP contribution in [0.3, 0.4) is 0 Å². The minimum atomic E-state index is -5.22. The monoisotopic (exact) mass is 1360 g/mol. The molecule has 9 aromatic rings. The average molecular weight is 1360 g/mol. The number of hydrogen-bond donors (Lipinski definition) is 4. The molecule has 0 bridgehead atoms. The number of aliphatic hydroxyl groups is 4. The van der Waals surface area contributed by atoms with Crippen molar-refractivity contribution >= 4 is 78.7 Å². The molecule has 9 aromatic carbocycles. The predicted octanol–water partition coefficient (Wildman–Crippen LogP) is 12.0. The van der Waals surface area contributed by atoms with Gasteiger partial charge in [-0.15, -0.1) is 0 Å². The van der Waals surface area contributed by atoms with Gasteiger partial charge in [-0.2, -0.15) is 26.3 Å². The normalized spacial score (nSPS) is 13.9. The quantitative estimate of drug-likeness (QED) is 0.00814. The molecular formula is C72H64F6N2O18. The number of aliphatic hydroxyl groups excluding tert-OH is 4. The highest BCUT2D eigenvalue weighted by Crippen LogP contribution is 2.58. The molecule has 2 atom stereocenters. The van der Waals surface area contributed by atoms with Crippen LogP contribution >= 0.6 is 0 Å². The van der Waals surface area contributed by atoms with Crippen molar-refractivity contribution in [2.45, 2.75) is 76.8 Å². The van der Waals surface area contributed by atoms with Crippen molar-refractivity contribution in [3.05, 3.63) is 166 Å². The fourth-order valence-corrected chi connectivity index (χ4v) is 12.2. The fraction of sp³-hybridized carbons (Fsp3) is 0.306.